The van der Waals surface area contributed by atoms with Gasteiger partial charge in [0.15, 0.2) is 17.4 Å². The van der Waals surface area contributed by atoms with Gasteiger partial charge in [0.1, 0.15) is 11.9 Å². The highest BCUT2D eigenvalue weighted by Crippen LogP contribution is 2.15. The fourth-order valence-electron chi connectivity index (χ4n) is 3.74. The number of carbonyl (C=O) groups is 1. The van der Waals surface area contributed by atoms with Crippen molar-refractivity contribution in [1.29, 1.82) is 0 Å². The summed E-state index contributed by atoms with van der Waals surface area (Å²) in [6.45, 7) is 1.73. The van der Waals surface area contributed by atoms with Gasteiger partial charge in [-0.1, -0.05) is 24.3 Å². The summed E-state index contributed by atoms with van der Waals surface area (Å²) in [5.74, 6) is -2.18. The molecular weight excluding hydrogens is 426 g/mol. The van der Waals surface area contributed by atoms with Gasteiger partial charge < -0.3 is 0 Å². The lowest BCUT2D eigenvalue weighted by atomic mass is 10.1. The molecule has 0 aliphatic rings. The van der Waals surface area contributed by atoms with E-state index in [1.165, 1.54) is 17.1 Å². The lowest BCUT2D eigenvalue weighted by molar-refractivity contribution is 0.0982. The van der Waals surface area contributed by atoms with Crippen LogP contribution >= 0.6 is 0 Å². The molecule has 6 nitrogen and oxygen atoms in total. The molecule has 8 heteroatoms. The molecule has 0 amide bonds. The maximum atomic E-state index is 13.5. The first-order valence-electron chi connectivity index (χ1n) is 10.4. The Kier molecular flexibility index (Phi) is 6.26. The number of carbonyl (C=O) groups excluding carboxylic acids is 1. The molecule has 33 heavy (non-hydrogen) atoms. The Labute approximate surface area is 188 Å². The van der Waals surface area contributed by atoms with E-state index in [4.69, 9.17) is 0 Å². The van der Waals surface area contributed by atoms with Gasteiger partial charge in [0, 0.05) is 30.7 Å². The molecule has 4 aromatic rings. The standard InChI is InChI=1S/C25H22F2N4O2/c1-16-24(25(33)31(30(16)2)14-18-7-9-20(26)21(27)12-18)23(32)6-4-3-5-17-8-10-22-19(11-17)13-28-15-29-22/h3,5,7-13,15H,4,6,14H2,1-2H3/b5-3+. The van der Waals surface area contributed by atoms with E-state index in [1.54, 1.807) is 24.9 Å². The molecular formula is C25H22F2N4O2. The molecule has 2 aromatic heterocycles. The summed E-state index contributed by atoms with van der Waals surface area (Å²) in [5, 5.41) is 0.928. The van der Waals surface area contributed by atoms with Crippen molar-refractivity contribution in [3.63, 3.8) is 0 Å². The van der Waals surface area contributed by atoms with Gasteiger partial charge in [0.05, 0.1) is 12.1 Å². The van der Waals surface area contributed by atoms with Crippen molar-refractivity contribution >= 4 is 22.8 Å². The highest BCUT2D eigenvalue weighted by Gasteiger charge is 2.21. The maximum Gasteiger partial charge on any atom is 0.278 e. The van der Waals surface area contributed by atoms with Crippen LogP contribution in [0.1, 0.15) is 40.0 Å². The van der Waals surface area contributed by atoms with Crippen molar-refractivity contribution in [2.45, 2.75) is 26.3 Å². The number of benzene rings is 2. The molecule has 0 N–H and O–H groups in total. The van der Waals surface area contributed by atoms with E-state index in [2.05, 4.69) is 9.97 Å². The Hall–Kier alpha value is -3.94. The Morgan fingerprint density at radius 2 is 1.94 bits per heavy atom. The van der Waals surface area contributed by atoms with Crippen LogP contribution in [0.25, 0.3) is 17.0 Å². The highest BCUT2D eigenvalue weighted by atomic mass is 19.2. The van der Waals surface area contributed by atoms with Gasteiger partial charge in [-0.3, -0.25) is 14.3 Å². The Bertz CT molecular complexity index is 1440. The van der Waals surface area contributed by atoms with Crippen LogP contribution in [0, 0.1) is 18.6 Å². The Balaban J connectivity index is 1.46. The summed E-state index contributed by atoms with van der Waals surface area (Å²) in [6, 6.07) is 9.29. The van der Waals surface area contributed by atoms with Gasteiger partial charge in [-0.15, -0.1) is 0 Å². The van der Waals surface area contributed by atoms with Crippen LogP contribution in [0.3, 0.4) is 0 Å². The number of nitrogens with zero attached hydrogens (tertiary/aromatic N) is 4. The minimum absolute atomic E-state index is 0.0340. The molecule has 0 saturated heterocycles. The Morgan fingerprint density at radius 1 is 1.12 bits per heavy atom. The quantitative estimate of drug-likeness (QED) is 0.392. The van der Waals surface area contributed by atoms with Crippen LogP contribution in [-0.4, -0.2) is 25.1 Å². The van der Waals surface area contributed by atoms with Gasteiger partial charge in [0.25, 0.3) is 5.56 Å². The molecule has 4 rings (SSSR count). The fourth-order valence-corrected chi connectivity index (χ4v) is 3.74. The number of rotatable bonds is 7. The lowest BCUT2D eigenvalue weighted by Crippen LogP contribution is -2.25. The molecule has 0 bridgehead atoms. The van der Waals surface area contributed by atoms with Crippen molar-refractivity contribution in [1.82, 2.24) is 19.3 Å². The van der Waals surface area contributed by atoms with Crippen molar-refractivity contribution in [3.8, 4) is 0 Å². The van der Waals surface area contributed by atoms with Gasteiger partial charge in [-0.25, -0.2) is 23.4 Å². The second-order valence-electron chi connectivity index (χ2n) is 7.80. The molecule has 0 radical (unpaired) electrons. The zero-order chi connectivity index (χ0) is 23.5. The Morgan fingerprint density at radius 3 is 2.73 bits per heavy atom. The number of Topliss-reactive ketones (excluding diaryl/α,β-unsaturated/α-hetero) is 1. The molecule has 0 unspecified atom stereocenters. The van der Waals surface area contributed by atoms with Crippen LogP contribution in [0.4, 0.5) is 8.78 Å². The maximum absolute atomic E-state index is 13.5. The minimum atomic E-state index is -0.978. The first-order chi connectivity index (χ1) is 15.8. The van der Waals surface area contributed by atoms with Crippen molar-refractivity contribution in [2.24, 2.45) is 7.05 Å². The molecule has 2 heterocycles. The largest absolute Gasteiger partial charge is 0.294 e. The second kappa shape index (κ2) is 9.28. The molecule has 0 atom stereocenters. The van der Waals surface area contributed by atoms with E-state index in [0.29, 0.717) is 17.7 Å². The molecule has 168 valence electrons. The topological polar surface area (TPSA) is 69.8 Å². The predicted molar refractivity (Wildman–Crippen MR) is 122 cm³/mol. The van der Waals surface area contributed by atoms with Gasteiger partial charge in [0.2, 0.25) is 0 Å². The summed E-state index contributed by atoms with van der Waals surface area (Å²) in [6.07, 6.45) is 7.70. The van der Waals surface area contributed by atoms with Gasteiger partial charge in [-0.2, -0.15) is 0 Å². The third-order valence-corrected chi connectivity index (χ3v) is 5.63. The number of halogens is 2. The average Bonchev–Trinajstić information content (AvgIpc) is 3.02. The molecule has 0 spiro atoms. The number of aromatic nitrogens is 4. The smallest absolute Gasteiger partial charge is 0.278 e. The molecule has 2 aromatic carbocycles. The van der Waals surface area contributed by atoms with Crippen LogP contribution in [-0.2, 0) is 13.6 Å². The van der Waals surface area contributed by atoms with E-state index < -0.39 is 17.2 Å². The van der Waals surface area contributed by atoms with Crippen LogP contribution in [0.2, 0.25) is 0 Å². The summed E-state index contributed by atoms with van der Waals surface area (Å²) in [7, 11) is 1.66. The highest BCUT2D eigenvalue weighted by molar-refractivity contribution is 5.97. The summed E-state index contributed by atoms with van der Waals surface area (Å²) in [5.41, 5.74) is 2.47. The fraction of sp³-hybridized carbons (Fsp3) is 0.200. The molecule has 0 aliphatic heterocycles. The SMILES string of the molecule is Cc1c(C(=O)CC/C=C/c2ccc3ncncc3c2)c(=O)n(Cc2ccc(F)c(F)c2)n1C. The van der Waals surface area contributed by atoms with Gasteiger partial charge >= 0.3 is 0 Å². The van der Waals surface area contributed by atoms with Crippen LogP contribution in [0.5, 0.6) is 0 Å². The number of hydrogen-bond acceptors (Lipinski definition) is 4. The van der Waals surface area contributed by atoms with E-state index in [-0.39, 0.29) is 24.3 Å². The number of allylic oxidation sites excluding steroid dienone is 1. The predicted octanol–water partition coefficient (Wildman–Crippen LogP) is 4.44. The minimum Gasteiger partial charge on any atom is -0.294 e. The average molecular weight is 448 g/mol. The lowest BCUT2D eigenvalue weighted by Gasteiger charge is -2.08. The third-order valence-electron chi connectivity index (χ3n) is 5.63. The van der Waals surface area contributed by atoms with Gasteiger partial charge in [-0.05, 0) is 48.7 Å². The van der Waals surface area contributed by atoms with E-state index in [9.17, 15) is 18.4 Å². The zero-order valence-corrected chi connectivity index (χ0v) is 18.3. The van der Waals surface area contributed by atoms with Crippen molar-refractivity contribution in [2.75, 3.05) is 0 Å². The van der Waals surface area contributed by atoms with E-state index in [0.717, 1.165) is 28.6 Å². The monoisotopic (exact) mass is 448 g/mol. The normalized spacial score (nSPS) is 11.5. The van der Waals surface area contributed by atoms with Crippen LogP contribution in [0.15, 0.2) is 59.8 Å². The number of hydrogen-bond donors (Lipinski definition) is 0. The first kappa shape index (κ1) is 22.3. The third kappa shape index (κ3) is 4.64. The molecule has 0 fully saturated rings. The number of fused-ring (bicyclic) bond motifs is 1. The first-order valence-corrected chi connectivity index (χ1v) is 10.4. The molecule has 0 saturated carbocycles. The van der Waals surface area contributed by atoms with Crippen LogP contribution < -0.4 is 5.56 Å². The summed E-state index contributed by atoms with van der Waals surface area (Å²) < 4.78 is 29.6. The summed E-state index contributed by atoms with van der Waals surface area (Å²) >= 11 is 0. The zero-order valence-electron chi connectivity index (χ0n) is 18.3. The van der Waals surface area contributed by atoms with Crippen molar-refractivity contribution in [3.05, 3.63) is 99.4 Å². The van der Waals surface area contributed by atoms with E-state index in [1.807, 2.05) is 30.4 Å². The second-order valence-corrected chi connectivity index (χ2v) is 7.80. The number of ketones is 1. The van der Waals surface area contributed by atoms with Crippen molar-refractivity contribution < 1.29 is 13.6 Å². The van der Waals surface area contributed by atoms with E-state index >= 15 is 0 Å². The summed E-state index contributed by atoms with van der Waals surface area (Å²) in [4.78, 5) is 33.9. The molecule has 0 aliphatic carbocycles.